The maximum atomic E-state index is 11.5. The number of aromatic nitrogens is 2. The van der Waals surface area contributed by atoms with Gasteiger partial charge in [0.15, 0.2) is 0 Å². The van der Waals surface area contributed by atoms with E-state index in [0.717, 1.165) is 56.0 Å². The Labute approximate surface area is 318 Å². The Bertz CT molecular complexity index is 2660. The summed E-state index contributed by atoms with van der Waals surface area (Å²) in [4.78, 5) is 10.5. The minimum Gasteiger partial charge on any atom is -0.507 e. The third-order valence-corrected chi connectivity index (χ3v) is 10.3. The minimum atomic E-state index is -0.236. The maximum absolute atomic E-state index is 11.5. The fraction of sp³-hybridized carbons (Fsp3) is 0.160. The average molecular weight is 704 g/mol. The molecule has 8 aromatic rings. The molecule has 0 saturated heterocycles. The normalized spacial score (nSPS) is 12.3. The molecular formula is C50H45N3O. The molecule has 1 aromatic heterocycles. The van der Waals surface area contributed by atoms with Crippen molar-refractivity contribution < 1.29 is 5.11 Å². The molecule has 1 heterocycles. The molecule has 0 amide bonds. The van der Waals surface area contributed by atoms with Crippen molar-refractivity contribution in [1.29, 1.82) is 0 Å². The Morgan fingerprint density at radius 3 is 1.94 bits per heavy atom. The lowest BCUT2D eigenvalue weighted by molar-refractivity contribution is 0.444. The first-order valence-corrected chi connectivity index (χ1v) is 18.6. The zero-order valence-electron chi connectivity index (χ0n) is 31.8. The van der Waals surface area contributed by atoms with Gasteiger partial charge in [-0.25, -0.2) is 4.98 Å². The Hall–Kier alpha value is -6.26. The summed E-state index contributed by atoms with van der Waals surface area (Å²) in [6.45, 7) is 13.0. The van der Waals surface area contributed by atoms with Crippen LogP contribution < -0.4 is 0 Å². The summed E-state index contributed by atoms with van der Waals surface area (Å²) in [7, 11) is 0. The van der Waals surface area contributed by atoms with Gasteiger partial charge in [0.05, 0.1) is 16.7 Å². The second-order valence-electron chi connectivity index (χ2n) is 16.1. The second kappa shape index (κ2) is 13.6. The number of nitrogens with zero attached hydrogens (tertiary/aromatic N) is 3. The molecule has 0 aliphatic heterocycles. The number of hydrogen-bond acceptors (Lipinski definition) is 3. The van der Waals surface area contributed by atoms with E-state index in [1.165, 1.54) is 21.9 Å². The number of imidazole rings is 1. The van der Waals surface area contributed by atoms with E-state index in [0.29, 0.717) is 5.56 Å². The number of aromatic hydroxyl groups is 1. The topological polar surface area (TPSA) is 50.4 Å². The first-order valence-electron chi connectivity index (χ1n) is 18.6. The lowest BCUT2D eigenvalue weighted by Gasteiger charge is -2.27. The van der Waals surface area contributed by atoms with Gasteiger partial charge in [-0.3, -0.25) is 9.56 Å². The summed E-state index contributed by atoms with van der Waals surface area (Å²) in [6.07, 6.45) is 1.80. The summed E-state index contributed by atoms with van der Waals surface area (Å²) in [5.41, 5.74) is 11.6. The van der Waals surface area contributed by atoms with Crippen LogP contribution in [0.4, 0.5) is 5.69 Å². The standard InChI is InChI=1S/C50H45N3O/c1-49(2,3)37-30-36(47(54)43(31-37)50(4,5)6)32-51-44-24-13-12-21-42(44)48-52-46-41(23-15-25-45(46)53(48)38-18-8-7-9-19-38)35-28-26-34(27-29-35)40-22-14-17-33-16-10-11-20-39(33)40/h7-32,54H,1-6H3. The molecule has 8 rings (SSSR count). The number of aliphatic imine (C=N–C) groups is 1. The van der Waals surface area contributed by atoms with E-state index >= 15 is 0 Å². The maximum Gasteiger partial charge on any atom is 0.147 e. The highest BCUT2D eigenvalue weighted by atomic mass is 16.3. The fourth-order valence-electron chi connectivity index (χ4n) is 7.33. The zero-order valence-corrected chi connectivity index (χ0v) is 31.8. The molecular weight excluding hydrogens is 659 g/mol. The predicted octanol–water partition coefficient (Wildman–Crippen LogP) is 13.2. The number of para-hydroxylation sites is 3. The van der Waals surface area contributed by atoms with Gasteiger partial charge < -0.3 is 5.11 Å². The Kier molecular flexibility index (Phi) is 8.78. The molecule has 0 aliphatic carbocycles. The van der Waals surface area contributed by atoms with Crippen LogP contribution in [0.1, 0.15) is 58.2 Å². The van der Waals surface area contributed by atoms with E-state index in [4.69, 9.17) is 9.98 Å². The van der Waals surface area contributed by atoms with Crippen molar-refractivity contribution in [2.45, 2.75) is 52.4 Å². The molecule has 1 N–H and O–H groups in total. The van der Waals surface area contributed by atoms with Gasteiger partial charge >= 0.3 is 0 Å². The first-order chi connectivity index (χ1) is 26.0. The van der Waals surface area contributed by atoms with E-state index in [2.05, 4.69) is 174 Å². The lowest BCUT2D eigenvalue weighted by atomic mass is 9.79. The van der Waals surface area contributed by atoms with E-state index in [1.54, 1.807) is 6.21 Å². The summed E-state index contributed by atoms with van der Waals surface area (Å²) < 4.78 is 2.23. The van der Waals surface area contributed by atoms with Crippen LogP contribution in [-0.4, -0.2) is 20.9 Å². The number of phenols is 1. The fourth-order valence-corrected chi connectivity index (χ4v) is 7.33. The van der Waals surface area contributed by atoms with E-state index in [9.17, 15) is 5.11 Å². The third-order valence-electron chi connectivity index (χ3n) is 10.3. The largest absolute Gasteiger partial charge is 0.507 e. The van der Waals surface area contributed by atoms with Crippen LogP contribution in [0.15, 0.2) is 157 Å². The molecule has 0 saturated carbocycles. The van der Waals surface area contributed by atoms with Gasteiger partial charge in [0.25, 0.3) is 0 Å². The predicted molar refractivity (Wildman–Crippen MR) is 228 cm³/mol. The molecule has 0 bridgehead atoms. The van der Waals surface area contributed by atoms with Crippen molar-refractivity contribution in [3.63, 3.8) is 0 Å². The van der Waals surface area contributed by atoms with Crippen molar-refractivity contribution in [3.05, 3.63) is 168 Å². The van der Waals surface area contributed by atoms with Crippen LogP contribution in [-0.2, 0) is 10.8 Å². The Morgan fingerprint density at radius 1 is 0.593 bits per heavy atom. The van der Waals surface area contributed by atoms with E-state index < -0.39 is 0 Å². The second-order valence-corrected chi connectivity index (χ2v) is 16.1. The molecule has 0 radical (unpaired) electrons. The van der Waals surface area contributed by atoms with Crippen molar-refractivity contribution in [2.75, 3.05) is 0 Å². The molecule has 0 fully saturated rings. The molecule has 7 aromatic carbocycles. The molecule has 0 aliphatic rings. The number of fused-ring (bicyclic) bond motifs is 2. The molecule has 0 atom stereocenters. The number of rotatable bonds is 6. The van der Waals surface area contributed by atoms with Crippen molar-refractivity contribution in [3.8, 4) is 45.1 Å². The molecule has 266 valence electrons. The Balaban J connectivity index is 1.26. The lowest BCUT2D eigenvalue weighted by Crippen LogP contribution is -2.17. The minimum absolute atomic E-state index is 0.0946. The molecule has 0 spiro atoms. The van der Waals surface area contributed by atoms with Gasteiger partial charge in [-0.15, -0.1) is 0 Å². The highest BCUT2D eigenvalue weighted by Gasteiger charge is 2.25. The Morgan fingerprint density at radius 2 is 1.20 bits per heavy atom. The van der Waals surface area contributed by atoms with E-state index in [-0.39, 0.29) is 16.6 Å². The van der Waals surface area contributed by atoms with Crippen LogP contribution in [0, 0.1) is 0 Å². The van der Waals surface area contributed by atoms with Crippen molar-refractivity contribution in [1.82, 2.24) is 9.55 Å². The monoisotopic (exact) mass is 703 g/mol. The smallest absolute Gasteiger partial charge is 0.147 e. The summed E-state index contributed by atoms with van der Waals surface area (Å²) in [5, 5.41) is 14.0. The van der Waals surface area contributed by atoms with Gasteiger partial charge in [-0.2, -0.15) is 0 Å². The average Bonchev–Trinajstić information content (AvgIpc) is 3.57. The molecule has 4 heteroatoms. The summed E-state index contributed by atoms with van der Waals surface area (Å²) >= 11 is 0. The molecule has 4 nitrogen and oxygen atoms in total. The van der Waals surface area contributed by atoms with Gasteiger partial charge in [0.1, 0.15) is 11.6 Å². The van der Waals surface area contributed by atoms with Crippen LogP contribution in [0.2, 0.25) is 0 Å². The zero-order chi connectivity index (χ0) is 37.6. The van der Waals surface area contributed by atoms with Crippen LogP contribution in [0.5, 0.6) is 5.75 Å². The van der Waals surface area contributed by atoms with Crippen LogP contribution >= 0.6 is 0 Å². The quantitative estimate of drug-likeness (QED) is 0.175. The number of benzene rings is 7. The van der Waals surface area contributed by atoms with Crippen molar-refractivity contribution >= 4 is 33.7 Å². The highest BCUT2D eigenvalue weighted by Crippen LogP contribution is 2.40. The van der Waals surface area contributed by atoms with Gasteiger partial charge in [0.2, 0.25) is 0 Å². The van der Waals surface area contributed by atoms with E-state index in [1.807, 2.05) is 24.3 Å². The first kappa shape index (κ1) is 34.8. The molecule has 0 unspecified atom stereocenters. The van der Waals surface area contributed by atoms with Crippen LogP contribution in [0.3, 0.4) is 0 Å². The van der Waals surface area contributed by atoms with Gasteiger partial charge in [0, 0.05) is 34.2 Å². The SMILES string of the molecule is CC(C)(C)c1cc(C=Nc2ccccc2-c2nc3c(-c4ccc(-c5cccc6ccccc56)cc4)cccc3n2-c2ccccc2)c(O)c(C(C)(C)C)c1. The van der Waals surface area contributed by atoms with Gasteiger partial charge in [-0.05, 0) is 80.3 Å². The van der Waals surface area contributed by atoms with Crippen LogP contribution in [0.25, 0.3) is 61.1 Å². The van der Waals surface area contributed by atoms with Gasteiger partial charge in [-0.1, -0.05) is 157 Å². The highest BCUT2D eigenvalue weighted by molar-refractivity contribution is 5.99. The molecule has 54 heavy (non-hydrogen) atoms. The summed E-state index contributed by atoms with van der Waals surface area (Å²) in [5.74, 6) is 1.07. The van der Waals surface area contributed by atoms with Crippen molar-refractivity contribution in [2.24, 2.45) is 4.99 Å². The number of hydrogen-bond donors (Lipinski definition) is 1. The number of phenolic OH excluding ortho intramolecular Hbond substituents is 1. The third kappa shape index (κ3) is 6.49. The summed E-state index contributed by atoms with van der Waals surface area (Å²) in [6, 6.07) is 53.0.